The Morgan fingerprint density at radius 1 is 1.26 bits per heavy atom. The highest BCUT2D eigenvalue weighted by Crippen LogP contribution is 2.26. The minimum Gasteiger partial charge on any atom is -0.481 e. The molecule has 2 rings (SSSR count). The summed E-state index contributed by atoms with van der Waals surface area (Å²) >= 11 is 3.34. The van der Waals surface area contributed by atoms with Gasteiger partial charge in [-0.2, -0.15) is 5.26 Å². The molecule has 1 amide bonds. The Hall–Kier alpha value is -3.11. The normalized spacial score (nSPS) is 10.7. The third-order valence-electron chi connectivity index (χ3n) is 3.60. The Balaban J connectivity index is 2.29. The summed E-state index contributed by atoms with van der Waals surface area (Å²) in [6, 6.07) is 14.2. The van der Waals surface area contributed by atoms with Crippen molar-refractivity contribution in [2.75, 3.05) is 19.0 Å². The van der Waals surface area contributed by atoms with Gasteiger partial charge in [-0.15, -0.1) is 0 Å². The van der Waals surface area contributed by atoms with Crippen LogP contribution in [0.15, 0.2) is 52.5 Å². The summed E-state index contributed by atoms with van der Waals surface area (Å²) in [5.74, 6) is -0.726. The van der Waals surface area contributed by atoms with Crippen LogP contribution in [0.2, 0.25) is 0 Å². The molecule has 0 saturated heterocycles. The van der Waals surface area contributed by atoms with Gasteiger partial charge in [0.05, 0.1) is 7.11 Å². The SMILES string of the molecule is COC(=O)COc1ccc(Br)cc1/C=C(\C#N)C(=O)Nc1ccccc1C. The van der Waals surface area contributed by atoms with E-state index in [2.05, 4.69) is 26.0 Å². The van der Waals surface area contributed by atoms with Gasteiger partial charge in [-0.05, 0) is 42.8 Å². The number of amides is 1. The number of aryl methyl sites for hydroxylation is 1. The summed E-state index contributed by atoms with van der Waals surface area (Å²) in [5.41, 5.74) is 1.89. The van der Waals surface area contributed by atoms with Crippen molar-refractivity contribution in [1.29, 1.82) is 5.26 Å². The largest absolute Gasteiger partial charge is 0.481 e. The van der Waals surface area contributed by atoms with Crippen molar-refractivity contribution in [1.82, 2.24) is 0 Å². The van der Waals surface area contributed by atoms with Gasteiger partial charge in [0.15, 0.2) is 6.61 Å². The molecule has 7 heteroatoms. The molecule has 0 aliphatic carbocycles. The number of nitrogens with one attached hydrogen (secondary N) is 1. The second kappa shape index (κ2) is 9.55. The summed E-state index contributed by atoms with van der Waals surface area (Å²) in [6.45, 7) is 1.58. The number of hydrogen-bond donors (Lipinski definition) is 1. The van der Waals surface area contributed by atoms with Crippen LogP contribution in [0.25, 0.3) is 6.08 Å². The lowest BCUT2D eigenvalue weighted by atomic mass is 10.1. The minimum atomic E-state index is -0.536. The quantitative estimate of drug-likeness (QED) is 0.428. The summed E-state index contributed by atoms with van der Waals surface area (Å²) in [5, 5.41) is 12.1. The summed E-state index contributed by atoms with van der Waals surface area (Å²) in [7, 11) is 1.26. The Morgan fingerprint density at radius 3 is 2.67 bits per heavy atom. The first-order valence-corrected chi connectivity index (χ1v) is 8.72. The lowest BCUT2D eigenvalue weighted by Gasteiger charge is -2.10. The number of ether oxygens (including phenoxy) is 2. The average Bonchev–Trinajstić information content (AvgIpc) is 2.66. The van der Waals surface area contributed by atoms with Gasteiger partial charge in [0.1, 0.15) is 17.4 Å². The van der Waals surface area contributed by atoms with Crippen molar-refractivity contribution in [2.45, 2.75) is 6.92 Å². The molecule has 0 aromatic heterocycles. The number of esters is 1. The number of hydrogen-bond acceptors (Lipinski definition) is 5. The van der Waals surface area contributed by atoms with Crippen LogP contribution in [0, 0.1) is 18.3 Å². The molecule has 138 valence electrons. The molecule has 0 aliphatic heterocycles. The van der Waals surface area contributed by atoms with Gasteiger partial charge >= 0.3 is 5.97 Å². The highest BCUT2D eigenvalue weighted by molar-refractivity contribution is 9.10. The zero-order valence-electron chi connectivity index (χ0n) is 14.8. The van der Waals surface area contributed by atoms with Gasteiger partial charge in [0, 0.05) is 15.7 Å². The maximum absolute atomic E-state index is 12.5. The van der Waals surface area contributed by atoms with Crippen LogP contribution < -0.4 is 10.1 Å². The first-order valence-electron chi connectivity index (χ1n) is 7.92. The molecule has 2 aromatic carbocycles. The predicted octanol–water partition coefficient (Wildman–Crippen LogP) is 3.86. The van der Waals surface area contributed by atoms with Gasteiger partial charge in [-0.3, -0.25) is 4.79 Å². The van der Waals surface area contributed by atoms with Crippen LogP contribution in [-0.4, -0.2) is 25.6 Å². The Bertz CT molecular complexity index is 932. The molecule has 0 spiro atoms. The number of nitrogens with zero attached hydrogens (tertiary/aromatic N) is 1. The minimum absolute atomic E-state index is 0.0979. The smallest absolute Gasteiger partial charge is 0.343 e. The van der Waals surface area contributed by atoms with Crippen LogP contribution in [0.5, 0.6) is 5.75 Å². The van der Waals surface area contributed by atoms with Crippen LogP contribution in [0.3, 0.4) is 0 Å². The molecule has 1 N–H and O–H groups in total. The van der Waals surface area contributed by atoms with Crippen molar-refractivity contribution >= 4 is 39.6 Å². The number of nitriles is 1. The van der Waals surface area contributed by atoms with Crippen LogP contribution in [0.4, 0.5) is 5.69 Å². The van der Waals surface area contributed by atoms with E-state index in [1.165, 1.54) is 13.2 Å². The van der Waals surface area contributed by atoms with Gasteiger partial charge in [0.2, 0.25) is 0 Å². The molecule has 0 aliphatic rings. The standard InChI is InChI=1S/C20H17BrN2O4/c1-13-5-3-4-6-17(13)23-20(25)15(11-22)9-14-10-16(21)7-8-18(14)27-12-19(24)26-2/h3-10H,12H2,1-2H3,(H,23,25)/b15-9+. The first kappa shape index (κ1) is 20.2. The van der Waals surface area contributed by atoms with E-state index in [0.29, 0.717) is 17.0 Å². The molecule has 0 atom stereocenters. The van der Waals surface area contributed by atoms with E-state index in [9.17, 15) is 14.9 Å². The van der Waals surface area contributed by atoms with Gasteiger partial charge in [-0.25, -0.2) is 4.79 Å². The molecular weight excluding hydrogens is 412 g/mol. The predicted molar refractivity (Wildman–Crippen MR) is 105 cm³/mol. The third kappa shape index (κ3) is 5.69. The number of carbonyl (C=O) groups excluding carboxylic acids is 2. The number of para-hydroxylation sites is 1. The lowest BCUT2D eigenvalue weighted by Crippen LogP contribution is -2.15. The van der Waals surface area contributed by atoms with E-state index < -0.39 is 11.9 Å². The Labute approximate surface area is 165 Å². The summed E-state index contributed by atoms with van der Waals surface area (Å²) < 4.78 is 10.7. The van der Waals surface area contributed by atoms with Crippen LogP contribution in [-0.2, 0) is 14.3 Å². The van der Waals surface area contributed by atoms with E-state index in [0.717, 1.165) is 10.0 Å². The fourth-order valence-electron chi connectivity index (χ4n) is 2.17. The topological polar surface area (TPSA) is 88.4 Å². The molecular formula is C20H17BrN2O4. The molecule has 0 fully saturated rings. The molecule has 0 unspecified atom stereocenters. The maximum atomic E-state index is 12.5. The van der Waals surface area contributed by atoms with E-state index in [-0.39, 0.29) is 12.2 Å². The fraction of sp³-hybridized carbons (Fsp3) is 0.150. The maximum Gasteiger partial charge on any atom is 0.343 e. The highest BCUT2D eigenvalue weighted by atomic mass is 79.9. The molecule has 27 heavy (non-hydrogen) atoms. The first-order chi connectivity index (χ1) is 12.9. The number of halogens is 1. The van der Waals surface area contributed by atoms with Crippen molar-refractivity contribution < 1.29 is 19.1 Å². The summed E-state index contributed by atoms with van der Waals surface area (Å²) in [6.07, 6.45) is 1.41. The second-order valence-corrected chi connectivity index (χ2v) is 6.40. The molecule has 0 bridgehead atoms. The monoisotopic (exact) mass is 428 g/mol. The number of anilines is 1. The molecule has 0 heterocycles. The zero-order chi connectivity index (χ0) is 19.8. The number of benzene rings is 2. The number of methoxy groups -OCH3 is 1. The molecule has 0 radical (unpaired) electrons. The average molecular weight is 429 g/mol. The fourth-order valence-corrected chi connectivity index (χ4v) is 2.54. The van der Waals surface area contributed by atoms with E-state index in [4.69, 9.17) is 4.74 Å². The molecule has 6 nitrogen and oxygen atoms in total. The van der Waals surface area contributed by atoms with Crippen molar-refractivity contribution in [3.63, 3.8) is 0 Å². The van der Waals surface area contributed by atoms with Gasteiger partial charge in [0.25, 0.3) is 5.91 Å². The van der Waals surface area contributed by atoms with Crippen molar-refractivity contribution in [3.8, 4) is 11.8 Å². The van der Waals surface area contributed by atoms with Crippen LogP contribution >= 0.6 is 15.9 Å². The number of carbonyl (C=O) groups is 2. The third-order valence-corrected chi connectivity index (χ3v) is 4.10. The van der Waals surface area contributed by atoms with Crippen molar-refractivity contribution in [3.05, 3.63) is 63.6 Å². The number of rotatable bonds is 6. The van der Waals surface area contributed by atoms with E-state index in [1.54, 1.807) is 30.3 Å². The highest BCUT2D eigenvalue weighted by Gasteiger charge is 2.13. The molecule has 2 aromatic rings. The zero-order valence-corrected chi connectivity index (χ0v) is 16.4. The van der Waals surface area contributed by atoms with Gasteiger partial charge < -0.3 is 14.8 Å². The van der Waals surface area contributed by atoms with E-state index >= 15 is 0 Å². The second-order valence-electron chi connectivity index (χ2n) is 5.49. The Kier molecular flexibility index (Phi) is 7.15. The lowest BCUT2D eigenvalue weighted by molar-refractivity contribution is -0.142. The molecule has 0 saturated carbocycles. The summed E-state index contributed by atoms with van der Waals surface area (Å²) in [4.78, 5) is 23.8. The van der Waals surface area contributed by atoms with Gasteiger partial charge in [-0.1, -0.05) is 34.1 Å². The van der Waals surface area contributed by atoms with Crippen molar-refractivity contribution in [2.24, 2.45) is 0 Å². The van der Waals surface area contributed by atoms with E-state index in [1.807, 2.05) is 25.1 Å². The van der Waals surface area contributed by atoms with Crippen LogP contribution in [0.1, 0.15) is 11.1 Å². The Morgan fingerprint density at radius 2 is 2.00 bits per heavy atom.